The summed E-state index contributed by atoms with van der Waals surface area (Å²) >= 11 is 0. The van der Waals surface area contributed by atoms with Gasteiger partial charge in [-0.3, -0.25) is 9.78 Å². The van der Waals surface area contributed by atoms with Gasteiger partial charge in [0, 0.05) is 17.1 Å². The third kappa shape index (κ3) is 3.96. The van der Waals surface area contributed by atoms with E-state index in [-0.39, 0.29) is 5.91 Å². The minimum Gasteiger partial charge on any atom is -0.320 e. The number of alkyl halides is 3. The zero-order chi connectivity index (χ0) is 20.4. The number of nitrogens with zero attached hydrogens (tertiary/aromatic N) is 1. The highest BCUT2D eigenvalue weighted by Crippen LogP contribution is 2.31. The second-order valence-corrected chi connectivity index (χ2v) is 6.49. The zero-order valence-corrected chi connectivity index (χ0v) is 15.1. The molecule has 0 spiro atoms. The van der Waals surface area contributed by atoms with Crippen molar-refractivity contribution in [1.82, 2.24) is 4.98 Å². The number of amides is 1. The molecular weight excluding hydrogens is 377 g/mol. The number of rotatable bonds is 3. The van der Waals surface area contributed by atoms with Gasteiger partial charge in [0.15, 0.2) is 0 Å². The molecule has 0 unspecified atom stereocenters. The van der Waals surface area contributed by atoms with Crippen molar-refractivity contribution in [3.63, 3.8) is 0 Å². The molecule has 0 atom stereocenters. The molecule has 3 aromatic carbocycles. The van der Waals surface area contributed by atoms with Crippen LogP contribution in [0.4, 0.5) is 18.9 Å². The van der Waals surface area contributed by atoms with Gasteiger partial charge in [0.1, 0.15) is 0 Å². The van der Waals surface area contributed by atoms with E-state index in [0.717, 1.165) is 23.1 Å². The molecule has 0 saturated carbocycles. The van der Waals surface area contributed by atoms with Gasteiger partial charge in [0.2, 0.25) is 0 Å². The Morgan fingerprint density at radius 3 is 2.07 bits per heavy atom. The number of nitrogens with one attached hydrogen (secondary N) is 1. The summed E-state index contributed by atoms with van der Waals surface area (Å²) in [5.41, 5.74) is 2.42. The average molecular weight is 392 g/mol. The van der Waals surface area contributed by atoms with Gasteiger partial charge in [0.05, 0.1) is 16.8 Å². The number of carbonyl (C=O) groups excluding carboxylic acids is 1. The van der Waals surface area contributed by atoms with Crippen molar-refractivity contribution in [3.8, 4) is 11.1 Å². The van der Waals surface area contributed by atoms with Gasteiger partial charge in [-0.05, 0) is 47.5 Å². The van der Waals surface area contributed by atoms with Crippen LogP contribution in [0.3, 0.4) is 0 Å². The summed E-state index contributed by atoms with van der Waals surface area (Å²) in [5.74, 6) is -0.290. The normalized spacial score (nSPS) is 11.4. The molecule has 6 heteroatoms. The van der Waals surface area contributed by atoms with E-state index in [1.54, 1.807) is 36.5 Å². The Kier molecular flexibility index (Phi) is 4.76. The molecule has 1 amide bonds. The summed E-state index contributed by atoms with van der Waals surface area (Å²) < 4.78 is 38.1. The number of carbonyl (C=O) groups is 1. The Bertz CT molecular complexity index is 1160. The van der Waals surface area contributed by atoms with Crippen molar-refractivity contribution in [2.75, 3.05) is 5.32 Å². The van der Waals surface area contributed by atoms with Crippen molar-refractivity contribution in [3.05, 3.63) is 96.2 Å². The lowest BCUT2D eigenvalue weighted by molar-refractivity contribution is -0.137. The summed E-state index contributed by atoms with van der Waals surface area (Å²) in [4.78, 5) is 16.9. The highest BCUT2D eigenvalue weighted by Gasteiger charge is 2.29. The first-order valence-corrected chi connectivity index (χ1v) is 8.84. The monoisotopic (exact) mass is 392 g/mol. The van der Waals surface area contributed by atoms with Crippen LogP contribution in [0.25, 0.3) is 22.0 Å². The van der Waals surface area contributed by atoms with E-state index in [0.29, 0.717) is 22.3 Å². The van der Waals surface area contributed by atoms with Crippen LogP contribution >= 0.6 is 0 Å². The second kappa shape index (κ2) is 7.39. The first-order chi connectivity index (χ1) is 13.9. The van der Waals surface area contributed by atoms with Gasteiger partial charge in [-0.25, -0.2) is 0 Å². The number of aromatic nitrogens is 1. The van der Waals surface area contributed by atoms with E-state index < -0.39 is 11.7 Å². The fourth-order valence-electron chi connectivity index (χ4n) is 3.07. The molecule has 4 rings (SSSR count). The molecule has 0 aliphatic carbocycles. The lowest BCUT2D eigenvalue weighted by Crippen LogP contribution is -2.12. The molecule has 1 heterocycles. The second-order valence-electron chi connectivity index (χ2n) is 6.49. The molecule has 1 N–H and O–H groups in total. The van der Waals surface area contributed by atoms with E-state index in [4.69, 9.17) is 0 Å². The van der Waals surface area contributed by atoms with Gasteiger partial charge in [-0.1, -0.05) is 42.5 Å². The number of fused-ring (bicyclic) bond motifs is 1. The number of anilines is 1. The Hall–Kier alpha value is -3.67. The molecule has 3 nitrogen and oxygen atoms in total. The quantitative estimate of drug-likeness (QED) is 0.453. The SMILES string of the molecule is O=C(Nc1cccc2cccnc12)c1ccc(-c2ccc(C(F)(F)F)cc2)cc1. The van der Waals surface area contributed by atoms with Crippen LogP contribution in [0.1, 0.15) is 15.9 Å². The predicted octanol–water partition coefficient (Wildman–Crippen LogP) is 6.17. The third-order valence-corrected chi connectivity index (χ3v) is 4.57. The number of benzene rings is 3. The maximum atomic E-state index is 12.7. The third-order valence-electron chi connectivity index (χ3n) is 4.57. The zero-order valence-electron chi connectivity index (χ0n) is 15.1. The van der Waals surface area contributed by atoms with E-state index in [9.17, 15) is 18.0 Å². The van der Waals surface area contributed by atoms with Crippen LogP contribution < -0.4 is 5.32 Å². The molecule has 0 aliphatic heterocycles. The van der Waals surface area contributed by atoms with Gasteiger partial charge < -0.3 is 5.32 Å². The first kappa shape index (κ1) is 18.7. The van der Waals surface area contributed by atoms with Gasteiger partial charge in [0.25, 0.3) is 5.91 Å². The van der Waals surface area contributed by atoms with E-state index in [1.807, 2.05) is 24.3 Å². The maximum Gasteiger partial charge on any atom is 0.416 e. The van der Waals surface area contributed by atoms with Crippen LogP contribution in [0.15, 0.2) is 85.1 Å². The molecule has 0 bridgehead atoms. The Morgan fingerprint density at radius 1 is 0.793 bits per heavy atom. The van der Waals surface area contributed by atoms with Gasteiger partial charge in [-0.15, -0.1) is 0 Å². The van der Waals surface area contributed by atoms with Gasteiger partial charge >= 0.3 is 6.18 Å². The van der Waals surface area contributed by atoms with Crippen molar-refractivity contribution in [2.24, 2.45) is 0 Å². The van der Waals surface area contributed by atoms with E-state index in [2.05, 4.69) is 10.3 Å². The molecular formula is C23H15F3N2O. The molecule has 4 aromatic rings. The summed E-state index contributed by atoms with van der Waals surface area (Å²) in [7, 11) is 0. The molecule has 1 aromatic heterocycles. The predicted molar refractivity (Wildman–Crippen MR) is 107 cm³/mol. The van der Waals surface area contributed by atoms with E-state index in [1.165, 1.54) is 12.1 Å². The van der Waals surface area contributed by atoms with Crippen molar-refractivity contribution in [2.45, 2.75) is 6.18 Å². The van der Waals surface area contributed by atoms with Crippen LogP contribution in [0, 0.1) is 0 Å². The summed E-state index contributed by atoms with van der Waals surface area (Å²) in [5, 5.41) is 3.78. The van der Waals surface area contributed by atoms with E-state index >= 15 is 0 Å². The lowest BCUT2D eigenvalue weighted by Gasteiger charge is -2.10. The van der Waals surface area contributed by atoms with Crippen molar-refractivity contribution < 1.29 is 18.0 Å². The van der Waals surface area contributed by atoms with Gasteiger partial charge in [-0.2, -0.15) is 13.2 Å². The van der Waals surface area contributed by atoms with Crippen LogP contribution in [0.5, 0.6) is 0 Å². The molecule has 0 fully saturated rings. The number of halogens is 3. The lowest BCUT2D eigenvalue weighted by atomic mass is 10.0. The first-order valence-electron chi connectivity index (χ1n) is 8.84. The minimum absolute atomic E-state index is 0.290. The summed E-state index contributed by atoms with van der Waals surface area (Å²) in [6.45, 7) is 0. The number of hydrogen-bond acceptors (Lipinski definition) is 2. The van der Waals surface area contributed by atoms with Crippen molar-refractivity contribution in [1.29, 1.82) is 0 Å². The highest BCUT2D eigenvalue weighted by molar-refractivity contribution is 6.08. The fraction of sp³-hybridized carbons (Fsp3) is 0.0435. The Morgan fingerprint density at radius 2 is 1.41 bits per heavy atom. The summed E-state index contributed by atoms with van der Waals surface area (Å²) in [6, 6.07) is 20.9. The maximum absolute atomic E-state index is 12.7. The number of para-hydroxylation sites is 1. The van der Waals surface area contributed by atoms with Crippen LogP contribution in [-0.4, -0.2) is 10.9 Å². The Balaban J connectivity index is 1.54. The Labute approximate surface area is 164 Å². The number of pyridine rings is 1. The molecule has 0 radical (unpaired) electrons. The number of hydrogen-bond donors (Lipinski definition) is 1. The molecule has 144 valence electrons. The highest BCUT2D eigenvalue weighted by atomic mass is 19.4. The average Bonchev–Trinajstić information content (AvgIpc) is 2.73. The standard InChI is InChI=1S/C23H15F3N2O/c24-23(25,26)19-12-10-16(11-13-19)15-6-8-18(9-7-15)22(29)28-20-5-1-3-17-4-2-14-27-21(17)20/h1-14H,(H,28,29). The molecule has 29 heavy (non-hydrogen) atoms. The molecule has 0 aliphatic rings. The minimum atomic E-state index is -4.36. The van der Waals surface area contributed by atoms with Crippen molar-refractivity contribution >= 4 is 22.5 Å². The largest absolute Gasteiger partial charge is 0.416 e. The summed E-state index contributed by atoms with van der Waals surface area (Å²) in [6.07, 6.45) is -2.70. The topological polar surface area (TPSA) is 42.0 Å². The molecule has 0 saturated heterocycles. The smallest absolute Gasteiger partial charge is 0.320 e. The fourth-order valence-corrected chi connectivity index (χ4v) is 3.07. The van der Waals surface area contributed by atoms with Crippen LogP contribution in [0.2, 0.25) is 0 Å². The van der Waals surface area contributed by atoms with Crippen LogP contribution in [-0.2, 0) is 6.18 Å².